The van der Waals surface area contributed by atoms with Gasteiger partial charge in [-0.15, -0.1) is 0 Å². The molecule has 0 spiro atoms. The van der Waals surface area contributed by atoms with E-state index in [0.29, 0.717) is 16.5 Å². The second-order valence-corrected chi connectivity index (χ2v) is 5.15. The Kier molecular flexibility index (Phi) is 4.70. The standard InChI is InChI=1S/C16H17ClN2O2/c1-11-9-14(7-8-15(11)17)21-10-16(20)19(2)13-5-3-12(18)4-6-13/h3-9H,10,18H2,1-2H3. The van der Waals surface area contributed by atoms with Crippen LogP contribution in [0.4, 0.5) is 11.4 Å². The van der Waals surface area contributed by atoms with E-state index in [1.165, 1.54) is 4.90 Å². The number of carbonyl (C=O) groups excluding carboxylic acids is 1. The second kappa shape index (κ2) is 6.50. The topological polar surface area (TPSA) is 55.6 Å². The summed E-state index contributed by atoms with van der Waals surface area (Å²) in [5.41, 5.74) is 7.96. The molecule has 1 amide bonds. The number of ether oxygens (including phenoxy) is 1. The molecule has 2 rings (SSSR count). The summed E-state index contributed by atoms with van der Waals surface area (Å²) in [5.74, 6) is 0.475. The number of nitrogens with two attached hydrogens (primary N) is 1. The fourth-order valence-corrected chi connectivity index (χ4v) is 1.91. The van der Waals surface area contributed by atoms with Gasteiger partial charge in [0.05, 0.1) is 0 Å². The number of aryl methyl sites for hydroxylation is 1. The number of benzene rings is 2. The molecule has 0 radical (unpaired) electrons. The first-order valence-electron chi connectivity index (χ1n) is 6.48. The van der Waals surface area contributed by atoms with Gasteiger partial charge in [0.2, 0.25) is 0 Å². The van der Waals surface area contributed by atoms with Crippen LogP contribution in [0, 0.1) is 6.92 Å². The van der Waals surface area contributed by atoms with Crippen molar-refractivity contribution in [2.45, 2.75) is 6.92 Å². The molecule has 2 aromatic carbocycles. The molecule has 2 aromatic rings. The lowest BCUT2D eigenvalue weighted by molar-refractivity contribution is -0.120. The van der Waals surface area contributed by atoms with Gasteiger partial charge in [0.15, 0.2) is 6.61 Å². The van der Waals surface area contributed by atoms with Gasteiger partial charge in [0, 0.05) is 23.4 Å². The Bertz CT molecular complexity index is 641. The number of nitrogen functional groups attached to an aromatic ring is 1. The number of likely N-dealkylation sites (N-methyl/N-ethyl adjacent to an activating group) is 1. The maximum Gasteiger partial charge on any atom is 0.264 e. The van der Waals surface area contributed by atoms with E-state index in [-0.39, 0.29) is 12.5 Å². The first-order chi connectivity index (χ1) is 9.97. The molecule has 0 aliphatic heterocycles. The van der Waals surface area contributed by atoms with Crippen LogP contribution >= 0.6 is 11.6 Å². The molecule has 110 valence electrons. The molecule has 0 atom stereocenters. The van der Waals surface area contributed by atoms with Gasteiger partial charge in [0.1, 0.15) is 5.75 Å². The van der Waals surface area contributed by atoms with Gasteiger partial charge in [-0.1, -0.05) is 11.6 Å². The van der Waals surface area contributed by atoms with Crippen LogP contribution in [0.5, 0.6) is 5.75 Å². The Labute approximate surface area is 129 Å². The Morgan fingerprint density at radius 1 is 1.24 bits per heavy atom. The van der Waals surface area contributed by atoms with E-state index in [4.69, 9.17) is 22.1 Å². The summed E-state index contributed by atoms with van der Waals surface area (Å²) in [6, 6.07) is 12.4. The molecule has 21 heavy (non-hydrogen) atoms. The molecule has 5 heteroatoms. The minimum Gasteiger partial charge on any atom is -0.484 e. The lowest BCUT2D eigenvalue weighted by atomic mass is 10.2. The number of halogens is 1. The van der Waals surface area contributed by atoms with Crippen molar-refractivity contribution in [2.75, 3.05) is 24.3 Å². The minimum absolute atomic E-state index is 0.0397. The van der Waals surface area contributed by atoms with Crippen molar-refractivity contribution in [1.29, 1.82) is 0 Å². The van der Waals surface area contributed by atoms with Crippen LogP contribution in [0.15, 0.2) is 42.5 Å². The molecule has 2 N–H and O–H groups in total. The zero-order chi connectivity index (χ0) is 15.4. The smallest absolute Gasteiger partial charge is 0.264 e. The summed E-state index contributed by atoms with van der Waals surface area (Å²) in [7, 11) is 1.70. The number of hydrogen-bond donors (Lipinski definition) is 1. The Hall–Kier alpha value is -2.20. The van der Waals surface area contributed by atoms with Gasteiger partial charge in [-0.05, 0) is 55.0 Å². The van der Waals surface area contributed by atoms with Gasteiger partial charge in [-0.3, -0.25) is 4.79 Å². The molecule has 0 saturated carbocycles. The maximum atomic E-state index is 12.1. The predicted octanol–water partition coefficient (Wildman–Crippen LogP) is 3.27. The molecule has 0 saturated heterocycles. The zero-order valence-corrected chi connectivity index (χ0v) is 12.7. The van der Waals surface area contributed by atoms with Gasteiger partial charge in [0.25, 0.3) is 5.91 Å². The van der Waals surface area contributed by atoms with Crippen molar-refractivity contribution >= 4 is 28.9 Å². The SMILES string of the molecule is Cc1cc(OCC(=O)N(C)c2ccc(N)cc2)ccc1Cl. The zero-order valence-electron chi connectivity index (χ0n) is 12.0. The minimum atomic E-state index is -0.146. The highest BCUT2D eigenvalue weighted by molar-refractivity contribution is 6.31. The van der Waals surface area contributed by atoms with Gasteiger partial charge in [-0.25, -0.2) is 0 Å². The summed E-state index contributed by atoms with van der Waals surface area (Å²) in [4.78, 5) is 13.6. The number of anilines is 2. The highest BCUT2D eigenvalue weighted by Gasteiger charge is 2.11. The fraction of sp³-hybridized carbons (Fsp3) is 0.188. The summed E-state index contributed by atoms with van der Waals surface area (Å²) in [6.07, 6.45) is 0. The van der Waals surface area contributed by atoms with E-state index in [9.17, 15) is 4.79 Å². The van der Waals surface area contributed by atoms with Crippen molar-refractivity contribution < 1.29 is 9.53 Å². The third-order valence-electron chi connectivity index (χ3n) is 3.15. The van der Waals surface area contributed by atoms with E-state index in [2.05, 4.69) is 0 Å². The van der Waals surface area contributed by atoms with Crippen molar-refractivity contribution in [3.63, 3.8) is 0 Å². The highest BCUT2D eigenvalue weighted by Crippen LogP contribution is 2.21. The lowest BCUT2D eigenvalue weighted by Crippen LogP contribution is -2.31. The van der Waals surface area contributed by atoms with Crippen molar-refractivity contribution in [3.05, 3.63) is 53.1 Å². The predicted molar refractivity (Wildman–Crippen MR) is 85.9 cm³/mol. The van der Waals surface area contributed by atoms with E-state index >= 15 is 0 Å². The van der Waals surface area contributed by atoms with Crippen LogP contribution in [0.3, 0.4) is 0 Å². The van der Waals surface area contributed by atoms with E-state index in [0.717, 1.165) is 11.3 Å². The van der Waals surface area contributed by atoms with Crippen molar-refractivity contribution in [3.8, 4) is 5.75 Å². The third kappa shape index (κ3) is 3.89. The van der Waals surface area contributed by atoms with Crippen LogP contribution in [0.25, 0.3) is 0 Å². The summed E-state index contributed by atoms with van der Waals surface area (Å²) in [6.45, 7) is 1.85. The number of amides is 1. The van der Waals surface area contributed by atoms with Crippen LogP contribution in [-0.2, 0) is 4.79 Å². The summed E-state index contributed by atoms with van der Waals surface area (Å²) >= 11 is 5.95. The summed E-state index contributed by atoms with van der Waals surface area (Å²) in [5, 5.41) is 0.674. The monoisotopic (exact) mass is 304 g/mol. The summed E-state index contributed by atoms with van der Waals surface area (Å²) < 4.78 is 5.50. The van der Waals surface area contributed by atoms with E-state index in [1.54, 1.807) is 49.5 Å². The molecule has 4 nitrogen and oxygen atoms in total. The molecule has 0 aromatic heterocycles. The Morgan fingerprint density at radius 3 is 2.52 bits per heavy atom. The molecule has 0 unspecified atom stereocenters. The van der Waals surface area contributed by atoms with Crippen LogP contribution < -0.4 is 15.4 Å². The van der Waals surface area contributed by atoms with Gasteiger partial charge in [-0.2, -0.15) is 0 Å². The third-order valence-corrected chi connectivity index (χ3v) is 3.57. The molecular weight excluding hydrogens is 288 g/mol. The molecule has 0 fully saturated rings. The number of rotatable bonds is 4. The normalized spacial score (nSPS) is 10.2. The van der Waals surface area contributed by atoms with Crippen LogP contribution in [0.2, 0.25) is 5.02 Å². The maximum absolute atomic E-state index is 12.1. The molecule has 0 aliphatic carbocycles. The number of hydrogen-bond acceptors (Lipinski definition) is 3. The quantitative estimate of drug-likeness (QED) is 0.882. The first-order valence-corrected chi connectivity index (χ1v) is 6.86. The average Bonchev–Trinajstić information content (AvgIpc) is 2.48. The molecule has 0 aliphatic rings. The highest BCUT2D eigenvalue weighted by atomic mass is 35.5. The second-order valence-electron chi connectivity index (χ2n) is 4.74. The van der Waals surface area contributed by atoms with Gasteiger partial charge < -0.3 is 15.4 Å². The molecule has 0 bridgehead atoms. The Morgan fingerprint density at radius 2 is 1.90 bits per heavy atom. The Balaban J connectivity index is 1.97. The molecular formula is C16H17ClN2O2. The lowest BCUT2D eigenvalue weighted by Gasteiger charge is -2.18. The van der Waals surface area contributed by atoms with Crippen LogP contribution in [0.1, 0.15) is 5.56 Å². The first kappa shape index (κ1) is 15.2. The van der Waals surface area contributed by atoms with Crippen molar-refractivity contribution in [1.82, 2.24) is 0 Å². The van der Waals surface area contributed by atoms with Crippen molar-refractivity contribution in [2.24, 2.45) is 0 Å². The average molecular weight is 305 g/mol. The van der Waals surface area contributed by atoms with Gasteiger partial charge >= 0.3 is 0 Å². The fourth-order valence-electron chi connectivity index (χ4n) is 1.79. The van der Waals surface area contributed by atoms with E-state index in [1.807, 2.05) is 6.92 Å². The largest absolute Gasteiger partial charge is 0.484 e. The molecule has 0 heterocycles. The van der Waals surface area contributed by atoms with Crippen LogP contribution in [-0.4, -0.2) is 19.6 Å². The number of carbonyl (C=O) groups is 1. The number of nitrogens with zero attached hydrogens (tertiary/aromatic N) is 1. The van der Waals surface area contributed by atoms with E-state index < -0.39 is 0 Å².